The molecule has 0 aliphatic heterocycles. The molecule has 5 heteroatoms. The SMILES string of the molecule is O=C(CCSc1ccccc1)N/N=C\c1cccnc1. The third-order valence-corrected chi connectivity index (χ3v) is 3.44. The van der Waals surface area contributed by atoms with Crippen LogP contribution in [0.4, 0.5) is 0 Å². The number of benzene rings is 1. The average molecular weight is 285 g/mol. The van der Waals surface area contributed by atoms with E-state index >= 15 is 0 Å². The average Bonchev–Trinajstić information content (AvgIpc) is 2.49. The van der Waals surface area contributed by atoms with Gasteiger partial charge in [0.1, 0.15) is 0 Å². The number of carbonyl (C=O) groups is 1. The van der Waals surface area contributed by atoms with Crippen LogP contribution < -0.4 is 5.43 Å². The number of hydrazone groups is 1. The second-order valence-electron chi connectivity index (χ2n) is 3.99. The van der Waals surface area contributed by atoms with E-state index in [9.17, 15) is 4.79 Å². The van der Waals surface area contributed by atoms with Gasteiger partial charge in [-0.15, -0.1) is 11.8 Å². The van der Waals surface area contributed by atoms with Crippen LogP contribution in [0.3, 0.4) is 0 Å². The van der Waals surface area contributed by atoms with Crippen LogP contribution in [0.5, 0.6) is 0 Å². The lowest BCUT2D eigenvalue weighted by atomic mass is 10.3. The van der Waals surface area contributed by atoms with Gasteiger partial charge in [-0.2, -0.15) is 5.10 Å². The van der Waals surface area contributed by atoms with Gasteiger partial charge in [-0.3, -0.25) is 9.78 Å². The fourth-order valence-electron chi connectivity index (χ4n) is 1.47. The van der Waals surface area contributed by atoms with E-state index in [2.05, 4.69) is 15.5 Å². The summed E-state index contributed by atoms with van der Waals surface area (Å²) in [5.74, 6) is 0.645. The lowest BCUT2D eigenvalue weighted by Crippen LogP contribution is -2.17. The Hall–Kier alpha value is -2.14. The van der Waals surface area contributed by atoms with Gasteiger partial charge in [0.05, 0.1) is 6.21 Å². The number of carbonyl (C=O) groups excluding carboxylic acids is 1. The first-order valence-electron chi connectivity index (χ1n) is 6.24. The van der Waals surface area contributed by atoms with Gasteiger partial charge in [0, 0.05) is 35.0 Å². The molecule has 4 nitrogen and oxygen atoms in total. The topological polar surface area (TPSA) is 54.4 Å². The van der Waals surface area contributed by atoms with Crippen molar-refractivity contribution in [3.63, 3.8) is 0 Å². The molecule has 1 aromatic heterocycles. The molecule has 2 rings (SSSR count). The van der Waals surface area contributed by atoms with Crippen LogP contribution in [0.25, 0.3) is 0 Å². The first kappa shape index (κ1) is 14.3. The van der Waals surface area contributed by atoms with Gasteiger partial charge in [-0.05, 0) is 18.2 Å². The number of nitrogens with zero attached hydrogens (tertiary/aromatic N) is 2. The van der Waals surface area contributed by atoms with Gasteiger partial charge in [0.15, 0.2) is 0 Å². The van der Waals surface area contributed by atoms with E-state index in [1.54, 1.807) is 30.4 Å². The van der Waals surface area contributed by atoms with Gasteiger partial charge in [-0.25, -0.2) is 5.43 Å². The van der Waals surface area contributed by atoms with E-state index in [1.807, 2.05) is 42.5 Å². The van der Waals surface area contributed by atoms with Gasteiger partial charge in [0.2, 0.25) is 5.91 Å². The first-order valence-corrected chi connectivity index (χ1v) is 7.23. The van der Waals surface area contributed by atoms with E-state index in [-0.39, 0.29) is 5.91 Å². The molecule has 0 bridgehead atoms. The number of amides is 1. The number of thioether (sulfide) groups is 1. The molecule has 0 aliphatic carbocycles. The maximum Gasteiger partial charge on any atom is 0.240 e. The van der Waals surface area contributed by atoms with Crippen molar-refractivity contribution >= 4 is 23.9 Å². The molecule has 0 saturated heterocycles. The summed E-state index contributed by atoms with van der Waals surface area (Å²) in [5, 5.41) is 3.89. The highest BCUT2D eigenvalue weighted by Gasteiger charge is 2.00. The number of hydrogen-bond donors (Lipinski definition) is 1. The summed E-state index contributed by atoms with van der Waals surface area (Å²) in [5.41, 5.74) is 3.36. The van der Waals surface area contributed by atoms with Gasteiger partial charge >= 0.3 is 0 Å². The van der Waals surface area contributed by atoms with Crippen molar-refractivity contribution in [2.45, 2.75) is 11.3 Å². The van der Waals surface area contributed by atoms with Crippen LogP contribution in [-0.4, -0.2) is 22.9 Å². The second kappa shape index (κ2) is 8.12. The maximum absolute atomic E-state index is 11.6. The highest BCUT2D eigenvalue weighted by atomic mass is 32.2. The summed E-state index contributed by atoms with van der Waals surface area (Å²) < 4.78 is 0. The highest BCUT2D eigenvalue weighted by molar-refractivity contribution is 7.99. The minimum atomic E-state index is -0.0893. The fourth-order valence-corrected chi connectivity index (χ4v) is 2.34. The predicted molar refractivity (Wildman–Crippen MR) is 81.8 cm³/mol. The molecule has 0 spiro atoms. The largest absolute Gasteiger partial charge is 0.273 e. The number of aromatic nitrogens is 1. The Morgan fingerprint density at radius 2 is 2.10 bits per heavy atom. The van der Waals surface area contributed by atoms with E-state index in [1.165, 1.54) is 4.90 Å². The molecular weight excluding hydrogens is 270 g/mol. The van der Waals surface area contributed by atoms with E-state index in [4.69, 9.17) is 0 Å². The second-order valence-corrected chi connectivity index (χ2v) is 5.16. The third kappa shape index (κ3) is 5.24. The number of hydrogen-bond acceptors (Lipinski definition) is 4. The van der Waals surface area contributed by atoms with Crippen LogP contribution in [-0.2, 0) is 4.79 Å². The van der Waals surface area contributed by atoms with Crippen molar-refractivity contribution < 1.29 is 4.79 Å². The molecule has 0 fully saturated rings. The molecule has 0 unspecified atom stereocenters. The molecule has 0 aliphatic rings. The minimum Gasteiger partial charge on any atom is -0.273 e. The van der Waals surface area contributed by atoms with Crippen molar-refractivity contribution in [3.05, 3.63) is 60.4 Å². The van der Waals surface area contributed by atoms with E-state index in [0.717, 1.165) is 11.3 Å². The summed E-state index contributed by atoms with van der Waals surface area (Å²) in [6.07, 6.45) is 5.39. The number of pyridine rings is 1. The predicted octanol–water partition coefficient (Wildman–Crippen LogP) is 2.71. The molecule has 1 aromatic carbocycles. The molecule has 20 heavy (non-hydrogen) atoms. The zero-order chi connectivity index (χ0) is 14.0. The molecule has 2 aromatic rings. The quantitative estimate of drug-likeness (QED) is 0.504. The fraction of sp³-hybridized carbons (Fsp3) is 0.133. The Morgan fingerprint density at radius 3 is 2.85 bits per heavy atom. The monoisotopic (exact) mass is 285 g/mol. The molecule has 1 heterocycles. The maximum atomic E-state index is 11.6. The highest BCUT2D eigenvalue weighted by Crippen LogP contribution is 2.17. The normalized spacial score (nSPS) is 10.6. The summed E-state index contributed by atoms with van der Waals surface area (Å²) in [6.45, 7) is 0. The Balaban J connectivity index is 1.67. The van der Waals surface area contributed by atoms with Gasteiger partial charge < -0.3 is 0 Å². The van der Waals surface area contributed by atoms with Crippen molar-refractivity contribution in [1.82, 2.24) is 10.4 Å². The third-order valence-electron chi connectivity index (χ3n) is 2.43. The zero-order valence-corrected chi connectivity index (χ0v) is 11.7. The van der Waals surface area contributed by atoms with Gasteiger partial charge in [0.25, 0.3) is 0 Å². The molecular formula is C15H15N3OS. The molecule has 0 radical (unpaired) electrons. The lowest BCUT2D eigenvalue weighted by Gasteiger charge is -2.00. The van der Waals surface area contributed by atoms with Crippen molar-refractivity contribution in [3.8, 4) is 0 Å². The van der Waals surface area contributed by atoms with Crippen LogP contribution in [0, 0.1) is 0 Å². The molecule has 0 saturated carbocycles. The van der Waals surface area contributed by atoms with Crippen LogP contribution in [0.1, 0.15) is 12.0 Å². The van der Waals surface area contributed by atoms with E-state index in [0.29, 0.717) is 6.42 Å². The standard InChI is InChI=1S/C15H15N3OS/c19-15(8-10-20-14-6-2-1-3-7-14)18-17-12-13-5-4-9-16-11-13/h1-7,9,11-12H,8,10H2,(H,18,19)/b17-12-. The lowest BCUT2D eigenvalue weighted by molar-refractivity contribution is -0.120. The number of nitrogens with one attached hydrogen (secondary N) is 1. The Bertz CT molecular complexity index is 558. The summed E-state index contributed by atoms with van der Waals surface area (Å²) >= 11 is 1.66. The smallest absolute Gasteiger partial charge is 0.240 e. The Morgan fingerprint density at radius 1 is 1.25 bits per heavy atom. The molecule has 102 valence electrons. The van der Waals surface area contributed by atoms with Crippen molar-refractivity contribution in [2.24, 2.45) is 5.10 Å². The van der Waals surface area contributed by atoms with Crippen LogP contribution in [0.2, 0.25) is 0 Å². The van der Waals surface area contributed by atoms with Crippen LogP contribution in [0.15, 0.2) is 64.9 Å². The summed E-state index contributed by atoms with van der Waals surface area (Å²) in [6, 6.07) is 13.7. The minimum absolute atomic E-state index is 0.0893. The first-order chi connectivity index (χ1) is 9.84. The van der Waals surface area contributed by atoms with Crippen LogP contribution >= 0.6 is 11.8 Å². The molecule has 0 atom stereocenters. The van der Waals surface area contributed by atoms with Crippen molar-refractivity contribution in [1.29, 1.82) is 0 Å². The van der Waals surface area contributed by atoms with Gasteiger partial charge in [-0.1, -0.05) is 24.3 Å². The Kier molecular flexibility index (Phi) is 5.79. The summed E-state index contributed by atoms with van der Waals surface area (Å²) in [7, 11) is 0. The van der Waals surface area contributed by atoms with E-state index < -0.39 is 0 Å². The molecule has 1 N–H and O–H groups in total. The molecule has 1 amide bonds. The summed E-state index contributed by atoms with van der Waals surface area (Å²) in [4.78, 5) is 16.7. The number of rotatable bonds is 6. The Labute approximate surface area is 122 Å². The van der Waals surface area contributed by atoms with Crippen molar-refractivity contribution in [2.75, 3.05) is 5.75 Å². The zero-order valence-electron chi connectivity index (χ0n) is 10.9.